The molecule has 0 aromatic rings. The van der Waals surface area contributed by atoms with Gasteiger partial charge >= 0.3 is 0 Å². The van der Waals surface area contributed by atoms with Crippen molar-refractivity contribution >= 4 is 16.6 Å². The topological polar surface area (TPSA) is 18.5 Å². The van der Waals surface area contributed by atoms with E-state index in [1.165, 1.54) is 0 Å². The number of hydrogen-bond donors (Lipinski definition) is 0. The van der Waals surface area contributed by atoms with Crippen LogP contribution in [-0.4, -0.2) is 28.3 Å². The maximum atomic E-state index is 8.22. The minimum Gasteiger partial charge on any atom is -0.414 e. The standard InChI is InChI=1S/C29H56O2Si2/c1-13-16-23(17-14-21-28(5,6)31-32(8,9)10)24-19-20-25-26(18-15-22-29(24,25)7)30-33(11,12)27(2,3)4/h1,23-26H,14-22H2,2-12H3/t23-,24-,25+,26+,29-/m1/s1/i5D3,6D3. The molecule has 0 aliphatic heterocycles. The van der Waals surface area contributed by atoms with Gasteiger partial charge in [0.1, 0.15) is 0 Å². The zero-order chi connectivity index (χ0) is 30.3. The third-order valence-electron chi connectivity index (χ3n) is 8.92. The van der Waals surface area contributed by atoms with Crippen molar-refractivity contribution < 1.29 is 17.1 Å². The molecule has 33 heavy (non-hydrogen) atoms. The van der Waals surface area contributed by atoms with E-state index in [-0.39, 0.29) is 28.9 Å². The SMILES string of the molecule is [2H]C([2H])([2H])C(CCC[C@@H](CC#C)[C@H]1CC[C@H]2[C@@H](O[Si](C)(C)C(C)(C)C)CCC[C@]12C)(O[Si](C)(C)C)C([2H])([2H])[2H]. The van der Waals surface area contributed by atoms with E-state index < -0.39 is 35.9 Å². The quantitative estimate of drug-likeness (QED) is 0.221. The Labute approximate surface area is 218 Å². The fourth-order valence-corrected chi connectivity index (χ4v) is 8.95. The van der Waals surface area contributed by atoms with E-state index >= 15 is 0 Å². The fraction of sp³-hybridized carbons (Fsp3) is 0.931. The largest absolute Gasteiger partial charge is 0.414 e. The molecule has 0 saturated heterocycles. The minimum absolute atomic E-state index is 0.0185. The highest BCUT2D eigenvalue weighted by atomic mass is 28.4. The minimum atomic E-state index is -2.75. The van der Waals surface area contributed by atoms with Crippen molar-refractivity contribution in [2.24, 2.45) is 23.2 Å². The maximum Gasteiger partial charge on any atom is 0.192 e. The van der Waals surface area contributed by atoms with Gasteiger partial charge in [-0.1, -0.05) is 40.5 Å². The monoisotopic (exact) mass is 498 g/mol. The third kappa shape index (κ3) is 7.45. The van der Waals surface area contributed by atoms with Crippen LogP contribution in [0.4, 0.5) is 0 Å². The van der Waals surface area contributed by atoms with Crippen LogP contribution in [0.1, 0.15) is 107 Å². The molecule has 0 N–H and O–H groups in total. The Bertz CT molecular complexity index is 851. The van der Waals surface area contributed by atoms with Gasteiger partial charge in [-0.15, -0.1) is 12.3 Å². The maximum absolute atomic E-state index is 8.22. The summed E-state index contributed by atoms with van der Waals surface area (Å²) in [5.41, 5.74) is -2.02. The number of fused-ring (bicyclic) bond motifs is 1. The summed E-state index contributed by atoms with van der Waals surface area (Å²) in [4.78, 5) is 0. The molecule has 0 spiro atoms. The molecule has 5 atom stereocenters. The Morgan fingerprint density at radius 3 is 2.33 bits per heavy atom. The van der Waals surface area contributed by atoms with Crippen molar-refractivity contribution in [3.05, 3.63) is 0 Å². The highest BCUT2D eigenvalue weighted by molar-refractivity contribution is 6.74. The lowest BCUT2D eigenvalue weighted by Gasteiger charge is -2.50. The van der Waals surface area contributed by atoms with Crippen LogP contribution in [0.2, 0.25) is 37.8 Å². The summed E-state index contributed by atoms with van der Waals surface area (Å²) in [6.07, 6.45) is 13.6. The first-order chi connectivity index (χ1) is 17.4. The first-order valence-corrected chi connectivity index (χ1v) is 19.5. The van der Waals surface area contributed by atoms with Crippen molar-refractivity contribution in [2.75, 3.05) is 0 Å². The summed E-state index contributed by atoms with van der Waals surface area (Å²) in [6, 6.07) is 0. The van der Waals surface area contributed by atoms with Crippen LogP contribution >= 0.6 is 0 Å². The summed E-state index contributed by atoms with van der Waals surface area (Å²) in [6.45, 7) is 14.1. The number of rotatable bonds is 10. The fourth-order valence-electron chi connectivity index (χ4n) is 6.41. The van der Waals surface area contributed by atoms with E-state index in [9.17, 15) is 0 Å². The van der Waals surface area contributed by atoms with Crippen molar-refractivity contribution in [2.45, 2.75) is 149 Å². The van der Waals surface area contributed by atoms with E-state index in [4.69, 9.17) is 23.5 Å². The average molecular weight is 499 g/mol. The lowest BCUT2D eigenvalue weighted by Crippen LogP contribution is -2.50. The van der Waals surface area contributed by atoms with Crippen LogP contribution in [-0.2, 0) is 8.85 Å². The van der Waals surface area contributed by atoms with Crippen LogP contribution in [0.25, 0.3) is 0 Å². The molecular weight excluding hydrogens is 436 g/mol. The molecule has 2 nitrogen and oxygen atoms in total. The van der Waals surface area contributed by atoms with Gasteiger partial charge < -0.3 is 8.85 Å². The molecule has 2 aliphatic rings. The summed E-state index contributed by atoms with van der Waals surface area (Å²) < 4.78 is 62.4. The van der Waals surface area contributed by atoms with Gasteiger partial charge in [-0.3, -0.25) is 0 Å². The predicted molar refractivity (Wildman–Crippen MR) is 150 cm³/mol. The van der Waals surface area contributed by atoms with Crippen LogP contribution in [0.5, 0.6) is 0 Å². The summed E-state index contributed by atoms with van der Waals surface area (Å²) in [5.74, 6) is 4.07. The lowest BCUT2D eigenvalue weighted by molar-refractivity contribution is -0.0232. The Morgan fingerprint density at radius 2 is 1.79 bits per heavy atom. The summed E-state index contributed by atoms with van der Waals surface area (Å²) in [5, 5.41) is 0.168. The number of terminal acetylenes is 1. The van der Waals surface area contributed by atoms with Crippen molar-refractivity contribution in [1.82, 2.24) is 0 Å². The zero-order valence-electron chi connectivity index (χ0n) is 29.1. The molecule has 0 aromatic carbocycles. The molecule has 0 amide bonds. The van der Waals surface area contributed by atoms with E-state index in [1.807, 2.05) is 19.6 Å². The number of hydrogen-bond acceptors (Lipinski definition) is 2. The van der Waals surface area contributed by atoms with E-state index in [2.05, 4.69) is 46.7 Å². The third-order valence-corrected chi connectivity index (χ3v) is 14.4. The molecule has 4 heteroatoms. The zero-order valence-corrected chi connectivity index (χ0v) is 25.1. The Balaban J connectivity index is 2.27. The molecule has 0 bridgehead atoms. The molecule has 0 radical (unpaired) electrons. The predicted octanol–water partition coefficient (Wildman–Crippen LogP) is 9.03. The second kappa shape index (κ2) is 10.5. The lowest BCUT2D eigenvalue weighted by atomic mass is 9.60. The second-order valence-corrected chi connectivity index (χ2v) is 22.9. The van der Waals surface area contributed by atoms with Gasteiger partial charge in [0.05, 0.1) is 5.60 Å². The smallest absolute Gasteiger partial charge is 0.192 e. The molecule has 2 rings (SSSR count). The van der Waals surface area contributed by atoms with Crippen molar-refractivity contribution in [1.29, 1.82) is 0 Å². The van der Waals surface area contributed by atoms with Crippen LogP contribution < -0.4 is 0 Å². The molecule has 192 valence electrons. The van der Waals surface area contributed by atoms with Gasteiger partial charge in [-0.25, -0.2) is 0 Å². The van der Waals surface area contributed by atoms with Gasteiger partial charge in [0.2, 0.25) is 0 Å². The van der Waals surface area contributed by atoms with E-state index in [1.54, 1.807) is 0 Å². The highest BCUT2D eigenvalue weighted by Gasteiger charge is 2.54. The van der Waals surface area contributed by atoms with Crippen LogP contribution in [0.3, 0.4) is 0 Å². The van der Waals surface area contributed by atoms with Crippen molar-refractivity contribution in [3.8, 4) is 12.3 Å². The molecule has 2 fully saturated rings. The first-order valence-electron chi connectivity index (χ1n) is 16.2. The van der Waals surface area contributed by atoms with E-state index in [0.717, 1.165) is 32.1 Å². The van der Waals surface area contributed by atoms with Crippen LogP contribution in [0, 0.1) is 35.5 Å². The molecule has 0 aromatic heterocycles. The molecule has 0 unspecified atom stereocenters. The molecular formula is C29H56O2Si2. The molecule has 0 heterocycles. The summed E-state index contributed by atoms with van der Waals surface area (Å²) in [7, 11) is -4.37. The Hall–Kier alpha value is -0.0862. The Kier molecular flexibility index (Phi) is 6.69. The summed E-state index contributed by atoms with van der Waals surface area (Å²) >= 11 is 0. The average Bonchev–Trinajstić information content (AvgIpc) is 3.06. The highest BCUT2D eigenvalue weighted by Crippen LogP contribution is 2.60. The first kappa shape index (κ1) is 21.0. The molecule has 2 saturated carbocycles. The Morgan fingerprint density at radius 1 is 1.12 bits per heavy atom. The van der Waals surface area contributed by atoms with Crippen molar-refractivity contribution in [3.63, 3.8) is 0 Å². The van der Waals surface area contributed by atoms with Gasteiger partial charge in [-0.2, -0.15) is 0 Å². The van der Waals surface area contributed by atoms with Gasteiger partial charge in [0.25, 0.3) is 0 Å². The molecule has 2 aliphatic carbocycles. The second-order valence-electron chi connectivity index (χ2n) is 13.7. The normalized spacial score (nSPS) is 33.5. The van der Waals surface area contributed by atoms with E-state index in [0.29, 0.717) is 31.1 Å². The van der Waals surface area contributed by atoms with Gasteiger partial charge in [0, 0.05) is 20.7 Å². The van der Waals surface area contributed by atoms with Gasteiger partial charge in [-0.05, 0) is 113 Å². The van der Waals surface area contributed by atoms with Gasteiger partial charge in [0.15, 0.2) is 16.6 Å². The van der Waals surface area contributed by atoms with Crippen LogP contribution in [0.15, 0.2) is 0 Å².